The minimum atomic E-state index is 0.307. The van der Waals surface area contributed by atoms with Crippen molar-refractivity contribution in [3.63, 3.8) is 0 Å². The lowest BCUT2D eigenvalue weighted by molar-refractivity contribution is 0.745. The molecule has 0 saturated heterocycles. The van der Waals surface area contributed by atoms with Crippen LogP contribution in [0.1, 0.15) is 56.7 Å². The van der Waals surface area contributed by atoms with Gasteiger partial charge in [0.15, 0.2) is 5.82 Å². The Bertz CT molecular complexity index is 538. The molecule has 0 radical (unpaired) electrons. The Kier molecular flexibility index (Phi) is 4.00. The van der Waals surface area contributed by atoms with Crippen molar-refractivity contribution in [1.29, 1.82) is 0 Å². The van der Waals surface area contributed by atoms with Gasteiger partial charge in [-0.15, -0.1) is 0 Å². The molecule has 1 aromatic carbocycles. The molecule has 1 aromatic heterocycles. The molecular formula is C15H22N4. The van der Waals surface area contributed by atoms with Crippen molar-refractivity contribution in [3.8, 4) is 5.69 Å². The fourth-order valence-corrected chi connectivity index (χ4v) is 1.95. The molecule has 1 heterocycles. The van der Waals surface area contributed by atoms with E-state index in [9.17, 15) is 0 Å². The van der Waals surface area contributed by atoms with Crippen LogP contribution in [0.2, 0.25) is 0 Å². The predicted molar refractivity (Wildman–Crippen MR) is 77.4 cm³/mol. The third kappa shape index (κ3) is 2.84. The zero-order valence-electron chi connectivity index (χ0n) is 12.1. The van der Waals surface area contributed by atoms with E-state index < -0.39 is 0 Å². The van der Waals surface area contributed by atoms with Crippen LogP contribution in [0.25, 0.3) is 5.69 Å². The molecule has 19 heavy (non-hydrogen) atoms. The third-order valence-corrected chi connectivity index (χ3v) is 3.19. The number of nitrogens with zero attached hydrogens (tertiary/aromatic N) is 3. The summed E-state index contributed by atoms with van der Waals surface area (Å²) >= 11 is 0. The van der Waals surface area contributed by atoms with Gasteiger partial charge in [-0.3, -0.25) is 0 Å². The molecule has 2 aromatic rings. The van der Waals surface area contributed by atoms with Crippen LogP contribution in [0.5, 0.6) is 0 Å². The Morgan fingerprint density at radius 1 is 1.05 bits per heavy atom. The van der Waals surface area contributed by atoms with Crippen molar-refractivity contribution >= 4 is 0 Å². The van der Waals surface area contributed by atoms with Gasteiger partial charge in [-0.2, -0.15) is 5.10 Å². The highest BCUT2D eigenvalue weighted by Crippen LogP contribution is 2.18. The normalized spacial score (nSPS) is 11.5. The zero-order chi connectivity index (χ0) is 14.0. The fraction of sp³-hybridized carbons (Fsp3) is 0.467. The summed E-state index contributed by atoms with van der Waals surface area (Å²) in [6.45, 7) is 8.94. The van der Waals surface area contributed by atoms with Gasteiger partial charge >= 0.3 is 0 Å². The smallest absolute Gasteiger partial charge is 0.153 e. The zero-order valence-corrected chi connectivity index (χ0v) is 12.1. The molecule has 2 rings (SSSR count). The van der Waals surface area contributed by atoms with Crippen molar-refractivity contribution in [2.45, 2.75) is 46.1 Å². The van der Waals surface area contributed by atoms with Crippen molar-refractivity contribution in [2.24, 2.45) is 5.73 Å². The summed E-state index contributed by atoms with van der Waals surface area (Å²) in [5.41, 5.74) is 8.10. The fourth-order valence-electron chi connectivity index (χ4n) is 1.95. The van der Waals surface area contributed by atoms with Gasteiger partial charge in [0.25, 0.3) is 0 Å². The largest absolute Gasteiger partial charge is 0.324 e. The number of nitrogens with two attached hydrogens (primary N) is 1. The number of hydrogen-bond acceptors (Lipinski definition) is 3. The first-order valence-electron chi connectivity index (χ1n) is 6.79. The first kappa shape index (κ1) is 13.7. The Morgan fingerprint density at radius 2 is 1.68 bits per heavy atom. The highest BCUT2D eigenvalue weighted by molar-refractivity contribution is 5.35. The quantitative estimate of drug-likeness (QED) is 0.917. The summed E-state index contributed by atoms with van der Waals surface area (Å²) in [6.07, 6.45) is 0. The van der Waals surface area contributed by atoms with E-state index in [1.807, 2.05) is 4.68 Å². The molecule has 0 unspecified atom stereocenters. The highest BCUT2D eigenvalue weighted by Gasteiger charge is 2.12. The molecule has 0 atom stereocenters. The van der Waals surface area contributed by atoms with Crippen molar-refractivity contribution in [1.82, 2.24) is 14.8 Å². The predicted octanol–water partition coefficient (Wildman–Crippen LogP) is 2.97. The minimum Gasteiger partial charge on any atom is -0.324 e. The highest BCUT2D eigenvalue weighted by atomic mass is 15.4. The molecule has 0 aliphatic heterocycles. The van der Waals surface area contributed by atoms with E-state index in [1.165, 1.54) is 5.56 Å². The maximum Gasteiger partial charge on any atom is 0.153 e. The number of rotatable bonds is 4. The summed E-state index contributed by atoms with van der Waals surface area (Å²) in [7, 11) is 0. The molecule has 0 amide bonds. The second kappa shape index (κ2) is 5.53. The van der Waals surface area contributed by atoms with Crippen LogP contribution in [0.15, 0.2) is 24.3 Å². The molecule has 0 fully saturated rings. The Hall–Kier alpha value is -1.68. The second-order valence-corrected chi connectivity index (χ2v) is 5.40. The average Bonchev–Trinajstić information content (AvgIpc) is 2.83. The summed E-state index contributed by atoms with van der Waals surface area (Å²) in [5, 5.41) is 4.55. The maximum atomic E-state index is 5.76. The maximum absolute atomic E-state index is 5.76. The van der Waals surface area contributed by atoms with Crippen LogP contribution in [-0.2, 0) is 6.54 Å². The van der Waals surface area contributed by atoms with Crippen LogP contribution in [0, 0.1) is 0 Å². The number of aromatic nitrogens is 3. The van der Waals surface area contributed by atoms with E-state index in [0.717, 1.165) is 17.3 Å². The van der Waals surface area contributed by atoms with E-state index in [1.54, 1.807) is 0 Å². The molecule has 4 heteroatoms. The van der Waals surface area contributed by atoms with Gasteiger partial charge in [-0.1, -0.05) is 39.8 Å². The summed E-state index contributed by atoms with van der Waals surface area (Å²) in [4.78, 5) is 4.49. The number of hydrogen-bond donors (Lipinski definition) is 1. The van der Waals surface area contributed by atoms with Gasteiger partial charge in [-0.05, 0) is 23.6 Å². The molecule has 0 aliphatic carbocycles. The van der Waals surface area contributed by atoms with Gasteiger partial charge in [0, 0.05) is 5.92 Å². The molecule has 0 saturated carbocycles. The van der Waals surface area contributed by atoms with Crippen molar-refractivity contribution < 1.29 is 0 Å². The van der Waals surface area contributed by atoms with Crippen molar-refractivity contribution in [3.05, 3.63) is 41.5 Å². The van der Waals surface area contributed by atoms with Crippen LogP contribution in [-0.4, -0.2) is 14.8 Å². The summed E-state index contributed by atoms with van der Waals surface area (Å²) < 4.78 is 1.85. The van der Waals surface area contributed by atoms with E-state index >= 15 is 0 Å². The van der Waals surface area contributed by atoms with Crippen molar-refractivity contribution in [2.75, 3.05) is 0 Å². The van der Waals surface area contributed by atoms with E-state index in [0.29, 0.717) is 18.4 Å². The number of benzene rings is 1. The van der Waals surface area contributed by atoms with Crippen LogP contribution in [0.3, 0.4) is 0 Å². The van der Waals surface area contributed by atoms with Gasteiger partial charge in [0.05, 0.1) is 12.2 Å². The Morgan fingerprint density at radius 3 is 2.16 bits per heavy atom. The molecule has 0 bridgehead atoms. The van der Waals surface area contributed by atoms with Gasteiger partial charge in [0.2, 0.25) is 0 Å². The molecule has 102 valence electrons. The lowest BCUT2D eigenvalue weighted by Crippen LogP contribution is -2.08. The average molecular weight is 258 g/mol. The minimum absolute atomic E-state index is 0.307. The lowest BCUT2D eigenvalue weighted by Gasteiger charge is -2.08. The summed E-state index contributed by atoms with van der Waals surface area (Å²) in [6, 6.07) is 8.43. The first-order valence-corrected chi connectivity index (χ1v) is 6.79. The van der Waals surface area contributed by atoms with E-state index in [-0.39, 0.29) is 0 Å². The van der Waals surface area contributed by atoms with Crippen LogP contribution >= 0.6 is 0 Å². The van der Waals surface area contributed by atoms with Crippen LogP contribution in [0.4, 0.5) is 0 Å². The topological polar surface area (TPSA) is 56.7 Å². The van der Waals surface area contributed by atoms with Gasteiger partial charge < -0.3 is 5.73 Å². The lowest BCUT2D eigenvalue weighted by atomic mass is 10.0. The standard InChI is InChI=1S/C15H22N4/c1-10(2)12-5-7-13(8-6-12)19-14(9-16)17-15(18-19)11(3)4/h5-8,10-11H,9,16H2,1-4H3. The first-order chi connectivity index (χ1) is 9.02. The molecular weight excluding hydrogens is 236 g/mol. The second-order valence-electron chi connectivity index (χ2n) is 5.40. The third-order valence-electron chi connectivity index (χ3n) is 3.19. The molecule has 2 N–H and O–H groups in total. The monoisotopic (exact) mass is 258 g/mol. The molecule has 4 nitrogen and oxygen atoms in total. The Balaban J connectivity index is 2.40. The molecule has 0 spiro atoms. The molecule has 0 aliphatic rings. The Labute approximate surface area is 114 Å². The van der Waals surface area contributed by atoms with Gasteiger partial charge in [-0.25, -0.2) is 9.67 Å². The van der Waals surface area contributed by atoms with E-state index in [4.69, 9.17) is 5.73 Å². The SMILES string of the molecule is CC(C)c1ccc(-n2nc(C(C)C)nc2CN)cc1. The summed E-state index contributed by atoms with van der Waals surface area (Å²) in [5.74, 6) is 2.49. The van der Waals surface area contributed by atoms with E-state index in [2.05, 4.69) is 62.0 Å². The van der Waals surface area contributed by atoms with Crippen LogP contribution < -0.4 is 5.73 Å². The van der Waals surface area contributed by atoms with Gasteiger partial charge in [0.1, 0.15) is 5.82 Å².